The SMILES string of the molecule is Cc1cccc(NC(=O)NC(=O)CN2CCN(c3cccc(C)c3C)CC2)c1C. The average molecular weight is 395 g/mol. The molecule has 2 aromatic rings. The number of rotatable bonds is 4. The number of amides is 3. The van der Waals surface area contributed by atoms with E-state index in [4.69, 9.17) is 0 Å². The Morgan fingerprint density at radius 1 is 0.862 bits per heavy atom. The molecule has 3 amide bonds. The molecule has 2 N–H and O–H groups in total. The fourth-order valence-corrected chi connectivity index (χ4v) is 3.63. The average Bonchev–Trinajstić information content (AvgIpc) is 2.68. The second-order valence-corrected chi connectivity index (χ2v) is 7.73. The lowest BCUT2D eigenvalue weighted by Gasteiger charge is -2.36. The Labute approximate surface area is 172 Å². The highest BCUT2D eigenvalue weighted by Crippen LogP contribution is 2.23. The first kappa shape index (κ1) is 20.9. The predicted octanol–water partition coefficient (Wildman–Crippen LogP) is 3.39. The number of hydrogen-bond acceptors (Lipinski definition) is 4. The summed E-state index contributed by atoms with van der Waals surface area (Å²) in [4.78, 5) is 28.9. The maximum Gasteiger partial charge on any atom is 0.325 e. The maximum atomic E-state index is 12.3. The molecule has 1 fully saturated rings. The van der Waals surface area contributed by atoms with E-state index in [9.17, 15) is 9.59 Å². The van der Waals surface area contributed by atoms with Crippen LogP contribution in [0.3, 0.4) is 0 Å². The van der Waals surface area contributed by atoms with Crippen LogP contribution in [0.5, 0.6) is 0 Å². The summed E-state index contributed by atoms with van der Waals surface area (Å²) >= 11 is 0. The van der Waals surface area contributed by atoms with Crippen molar-refractivity contribution in [2.75, 3.05) is 42.9 Å². The van der Waals surface area contributed by atoms with Crippen molar-refractivity contribution in [1.29, 1.82) is 0 Å². The lowest BCUT2D eigenvalue weighted by molar-refractivity contribution is -0.121. The number of imide groups is 1. The Kier molecular flexibility index (Phi) is 6.54. The molecule has 0 unspecified atom stereocenters. The minimum absolute atomic E-state index is 0.223. The van der Waals surface area contributed by atoms with Crippen LogP contribution in [0.2, 0.25) is 0 Å². The summed E-state index contributed by atoms with van der Waals surface area (Å²) in [7, 11) is 0. The number of piperazine rings is 1. The first-order valence-corrected chi connectivity index (χ1v) is 10.1. The molecule has 0 radical (unpaired) electrons. The van der Waals surface area contributed by atoms with Crippen LogP contribution in [0.25, 0.3) is 0 Å². The van der Waals surface area contributed by atoms with E-state index in [1.54, 1.807) is 0 Å². The number of hydrogen-bond donors (Lipinski definition) is 2. The van der Waals surface area contributed by atoms with Crippen LogP contribution in [-0.2, 0) is 4.79 Å². The molecule has 6 nitrogen and oxygen atoms in total. The first-order valence-electron chi connectivity index (χ1n) is 10.1. The maximum absolute atomic E-state index is 12.3. The molecule has 1 heterocycles. The topological polar surface area (TPSA) is 64.7 Å². The summed E-state index contributed by atoms with van der Waals surface area (Å²) in [5.74, 6) is -0.284. The highest BCUT2D eigenvalue weighted by atomic mass is 16.2. The zero-order chi connectivity index (χ0) is 21.0. The summed E-state index contributed by atoms with van der Waals surface area (Å²) in [6.45, 7) is 11.8. The fourth-order valence-electron chi connectivity index (χ4n) is 3.63. The largest absolute Gasteiger partial charge is 0.369 e. The second kappa shape index (κ2) is 9.09. The number of carbonyl (C=O) groups is 2. The molecule has 1 aliphatic rings. The van der Waals surface area contributed by atoms with Crippen LogP contribution in [-0.4, -0.2) is 49.6 Å². The number of anilines is 2. The number of aryl methyl sites for hydroxylation is 2. The van der Waals surface area contributed by atoms with Gasteiger partial charge < -0.3 is 10.2 Å². The Hall–Kier alpha value is -2.86. The van der Waals surface area contributed by atoms with Crippen LogP contribution in [0, 0.1) is 27.7 Å². The zero-order valence-electron chi connectivity index (χ0n) is 17.7. The van der Waals surface area contributed by atoms with Crippen molar-refractivity contribution in [1.82, 2.24) is 10.2 Å². The van der Waals surface area contributed by atoms with Crippen molar-refractivity contribution in [3.05, 3.63) is 58.7 Å². The van der Waals surface area contributed by atoms with Crippen LogP contribution in [0.4, 0.5) is 16.2 Å². The predicted molar refractivity (Wildman–Crippen MR) is 118 cm³/mol. The summed E-state index contributed by atoms with van der Waals surface area (Å²) < 4.78 is 0. The third kappa shape index (κ3) is 5.15. The molecule has 0 spiro atoms. The Morgan fingerprint density at radius 3 is 2.17 bits per heavy atom. The van der Waals surface area contributed by atoms with Crippen molar-refractivity contribution in [3.8, 4) is 0 Å². The van der Waals surface area contributed by atoms with E-state index < -0.39 is 6.03 Å². The number of nitrogens with zero attached hydrogens (tertiary/aromatic N) is 2. The van der Waals surface area contributed by atoms with Gasteiger partial charge in [-0.25, -0.2) is 4.79 Å². The van der Waals surface area contributed by atoms with Gasteiger partial charge in [-0.15, -0.1) is 0 Å². The van der Waals surface area contributed by atoms with Gasteiger partial charge in [0, 0.05) is 37.6 Å². The molecular weight excluding hydrogens is 364 g/mol. The summed E-state index contributed by atoms with van der Waals surface area (Å²) in [5, 5.41) is 5.20. The zero-order valence-corrected chi connectivity index (χ0v) is 17.7. The van der Waals surface area contributed by atoms with Gasteiger partial charge in [-0.2, -0.15) is 0 Å². The molecule has 0 atom stereocenters. The van der Waals surface area contributed by atoms with Gasteiger partial charge >= 0.3 is 6.03 Å². The smallest absolute Gasteiger partial charge is 0.325 e. The van der Waals surface area contributed by atoms with E-state index in [2.05, 4.69) is 52.5 Å². The van der Waals surface area contributed by atoms with Crippen molar-refractivity contribution in [2.24, 2.45) is 0 Å². The molecule has 154 valence electrons. The third-order valence-electron chi connectivity index (χ3n) is 5.76. The van der Waals surface area contributed by atoms with E-state index in [-0.39, 0.29) is 12.5 Å². The first-order chi connectivity index (χ1) is 13.8. The normalized spacial score (nSPS) is 14.6. The standard InChI is InChI=1S/C23H30N4O2/c1-16-7-5-9-20(18(16)3)24-23(29)25-22(28)15-26-11-13-27(14-12-26)21-10-6-8-17(2)19(21)4/h5-10H,11-15H2,1-4H3,(H2,24,25,28,29). The van der Waals surface area contributed by atoms with Crippen LogP contribution >= 0.6 is 0 Å². The fraction of sp³-hybridized carbons (Fsp3) is 0.391. The monoisotopic (exact) mass is 394 g/mol. The van der Waals surface area contributed by atoms with Crippen molar-refractivity contribution < 1.29 is 9.59 Å². The quantitative estimate of drug-likeness (QED) is 0.834. The van der Waals surface area contributed by atoms with Gasteiger partial charge in [-0.3, -0.25) is 15.0 Å². The van der Waals surface area contributed by atoms with Crippen molar-refractivity contribution in [3.63, 3.8) is 0 Å². The van der Waals surface area contributed by atoms with Gasteiger partial charge in [0.1, 0.15) is 0 Å². The van der Waals surface area contributed by atoms with Gasteiger partial charge in [0.05, 0.1) is 6.54 Å². The Balaban J connectivity index is 1.48. The highest BCUT2D eigenvalue weighted by Gasteiger charge is 2.21. The van der Waals surface area contributed by atoms with E-state index in [0.717, 1.165) is 43.0 Å². The van der Waals surface area contributed by atoms with Gasteiger partial charge in [0.25, 0.3) is 0 Å². The molecule has 6 heteroatoms. The number of nitrogens with one attached hydrogen (secondary N) is 2. The molecule has 3 rings (SSSR count). The number of benzene rings is 2. The van der Waals surface area contributed by atoms with Crippen molar-refractivity contribution >= 4 is 23.3 Å². The van der Waals surface area contributed by atoms with Crippen LogP contribution in [0.1, 0.15) is 22.3 Å². The number of carbonyl (C=O) groups excluding carboxylic acids is 2. The molecule has 1 saturated heterocycles. The summed E-state index contributed by atoms with van der Waals surface area (Å²) in [6.07, 6.45) is 0. The molecule has 0 aliphatic carbocycles. The lowest BCUT2D eigenvalue weighted by Crippen LogP contribution is -2.50. The molecule has 29 heavy (non-hydrogen) atoms. The molecular formula is C23H30N4O2. The van der Waals surface area contributed by atoms with Gasteiger partial charge in [-0.05, 0) is 62.1 Å². The highest BCUT2D eigenvalue weighted by molar-refractivity contribution is 6.02. The van der Waals surface area contributed by atoms with Crippen molar-refractivity contribution in [2.45, 2.75) is 27.7 Å². The Morgan fingerprint density at radius 2 is 1.48 bits per heavy atom. The van der Waals surface area contributed by atoms with Gasteiger partial charge in [-0.1, -0.05) is 24.3 Å². The van der Waals surface area contributed by atoms with Crippen LogP contribution < -0.4 is 15.5 Å². The second-order valence-electron chi connectivity index (χ2n) is 7.73. The van der Waals surface area contributed by atoms with Gasteiger partial charge in [0.2, 0.25) is 5.91 Å². The van der Waals surface area contributed by atoms with Crippen LogP contribution in [0.15, 0.2) is 36.4 Å². The molecule has 0 saturated carbocycles. The van der Waals surface area contributed by atoms with E-state index in [0.29, 0.717) is 0 Å². The minimum Gasteiger partial charge on any atom is -0.369 e. The van der Waals surface area contributed by atoms with E-state index in [1.807, 2.05) is 32.0 Å². The molecule has 0 bridgehead atoms. The summed E-state index contributed by atoms with van der Waals surface area (Å²) in [5.41, 5.74) is 6.67. The van der Waals surface area contributed by atoms with E-state index in [1.165, 1.54) is 16.8 Å². The van der Waals surface area contributed by atoms with E-state index >= 15 is 0 Å². The minimum atomic E-state index is -0.488. The third-order valence-corrected chi connectivity index (χ3v) is 5.76. The molecule has 2 aromatic carbocycles. The lowest BCUT2D eigenvalue weighted by atomic mass is 10.1. The summed E-state index contributed by atoms with van der Waals surface area (Å²) in [6, 6.07) is 11.6. The number of urea groups is 1. The molecule has 1 aliphatic heterocycles. The van der Waals surface area contributed by atoms with Gasteiger partial charge in [0.15, 0.2) is 0 Å². The Bertz CT molecular complexity index is 902. The molecule has 0 aromatic heterocycles.